The highest BCUT2D eigenvalue weighted by Crippen LogP contribution is 2.40. The fourth-order valence-corrected chi connectivity index (χ4v) is 8.75. The summed E-state index contributed by atoms with van der Waals surface area (Å²) in [5, 5.41) is 2.04. The molecule has 1 fully saturated rings. The first-order valence-electron chi connectivity index (χ1n) is 16.7. The number of ether oxygens (including phenoxy) is 4. The van der Waals surface area contributed by atoms with Crippen LogP contribution < -0.4 is 4.74 Å². The monoisotopic (exact) mass is 818 g/mol. The van der Waals surface area contributed by atoms with Gasteiger partial charge in [0.15, 0.2) is 5.06 Å². The second-order valence-electron chi connectivity index (χ2n) is 12.2. The van der Waals surface area contributed by atoms with E-state index >= 15 is 0 Å². The zero-order valence-corrected chi connectivity index (χ0v) is 33.4. The van der Waals surface area contributed by atoms with E-state index in [9.17, 15) is 28.8 Å². The molecular formula is C38H40Cl2N2O10S2. The number of carbonyl (C=O) groups is 6. The van der Waals surface area contributed by atoms with Crippen LogP contribution in [0.1, 0.15) is 60.8 Å². The Labute approximate surface area is 331 Å². The van der Waals surface area contributed by atoms with Gasteiger partial charge in [0.2, 0.25) is 5.12 Å². The largest absolute Gasteiger partial charge is 0.468 e. The maximum Gasteiger partial charge on any atom is 0.327 e. The van der Waals surface area contributed by atoms with E-state index in [2.05, 4.69) is 4.74 Å². The number of piperidine rings is 1. The predicted octanol–water partition coefficient (Wildman–Crippen LogP) is 6.52. The molecule has 1 aromatic heterocycles. The number of halogens is 2. The molecule has 0 aliphatic carbocycles. The predicted molar refractivity (Wildman–Crippen MR) is 205 cm³/mol. The van der Waals surface area contributed by atoms with Crippen molar-refractivity contribution >= 4 is 81.3 Å². The van der Waals surface area contributed by atoms with Crippen molar-refractivity contribution in [2.24, 2.45) is 0 Å². The van der Waals surface area contributed by atoms with Crippen LogP contribution in [0.5, 0.6) is 5.06 Å². The number of carbonyl (C=O) groups excluding carboxylic acids is 6. The summed E-state index contributed by atoms with van der Waals surface area (Å²) in [6.45, 7) is 6.33. The second kappa shape index (κ2) is 20.0. The molecule has 3 aliphatic heterocycles. The average Bonchev–Trinajstić information content (AvgIpc) is 3.70. The van der Waals surface area contributed by atoms with E-state index in [1.54, 1.807) is 18.2 Å². The van der Waals surface area contributed by atoms with Gasteiger partial charge >= 0.3 is 29.8 Å². The summed E-state index contributed by atoms with van der Waals surface area (Å²) in [6.07, 6.45) is 3.32. The van der Waals surface area contributed by atoms with Crippen molar-refractivity contribution in [2.75, 3.05) is 33.9 Å². The molecule has 3 aromatic rings. The van der Waals surface area contributed by atoms with E-state index in [0.29, 0.717) is 34.7 Å². The molecule has 16 heteroatoms. The Morgan fingerprint density at radius 3 is 1.80 bits per heavy atom. The number of nitrogens with zero attached hydrogens (tertiary/aromatic N) is 2. The fraction of sp³-hybridized carbons (Fsp3) is 0.368. The molecule has 2 aromatic carbocycles. The van der Waals surface area contributed by atoms with Gasteiger partial charge in [-0.25, -0.2) is 9.59 Å². The van der Waals surface area contributed by atoms with Crippen molar-refractivity contribution < 1.29 is 47.7 Å². The molecule has 12 nitrogen and oxygen atoms in total. The summed E-state index contributed by atoms with van der Waals surface area (Å²) < 4.78 is 19.1. The van der Waals surface area contributed by atoms with Crippen LogP contribution in [0.2, 0.25) is 10.0 Å². The first-order valence-corrected chi connectivity index (χ1v) is 19.2. The molecule has 4 heterocycles. The second-order valence-corrected chi connectivity index (χ2v) is 15.3. The Bertz CT molecular complexity index is 1900. The number of hydrogen-bond acceptors (Lipinski definition) is 14. The Morgan fingerprint density at radius 2 is 1.31 bits per heavy atom. The minimum atomic E-state index is -0.566. The quantitative estimate of drug-likeness (QED) is 0.145. The zero-order valence-electron chi connectivity index (χ0n) is 30.3. The van der Waals surface area contributed by atoms with Gasteiger partial charge in [-0.1, -0.05) is 71.4 Å². The fourth-order valence-electron chi connectivity index (χ4n) is 6.21. The number of methoxy groups -OCH3 is 2. The lowest BCUT2D eigenvalue weighted by Gasteiger charge is -2.36. The van der Waals surface area contributed by atoms with E-state index in [-0.39, 0.29) is 28.3 Å². The minimum Gasteiger partial charge on any atom is -0.468 e. The van der Waals surface area contributed by atoms with Crippen molar-refractivity contribution in [1.82, 2.24) is 9.80 Å². The molecule has 1 saturated heterocycles. The molecule has 3 unspecified atom stereocenters. The molecule has 0 N–H and O–H groups in total. The van der Waals surface area contributed by atoms with Crippen molar-refractivity contribution in [3.63, 3.8) is 0 Å². The van der Waals surface area contributed by atoms with E-state index < -0.39 is 24.0 Å². The third-order valence-corrected chi connectivity index (χ3v) is 11.4. The van der Waals surface area contributed by atoms with Crippen LogP contribution in [0.25, 0.3) is 0 Å². The number of benzene rings is 2. The van der Waals surface area contributed by atoms with Crippen LogP contribution in [0.4, 0.5) is 0 Å². The highest BCUT2D eigenvalue weighted by Gasteiger charge is 2.38. The van der Waals surface area contributed by atoms with E-state index in [4.69, 9.17) is 37.4 Å². The number of hydrogen-bond donors (Lipinski definition) is 0. The summed E-state index contributed by atoms with van der Waals surface area (Å²) in [7, 11) is 2.76. The maximum absolute atomic E-state index is 12.4. The van der Waals surface area contributed by atoms with Crippen molar-refractivity contribution in [1.29, 1.82) is 0 Å². The summed E-state index contributed by atoms with van der Waals surface area (Å²) in [4.78, 5) is 72.3. The number of thiophene rings is 1. The Kier molecular flexibility index (Phi) is 15.8. The molecule has 3 atom stereocenters. The molecule has 3 aliphatic rings. The van der Waals surface area contributed by atoms with Gasteiger partial charge in [0, 0.05) is 67.1 Å². The molecule has 54 heavy (non-hydrogen) atoms. The molecule has 0 radical (unpaired) electrons. The third-order valence-electron chi connectivity index (χ3n) is 8.42. The van der Waals surface area contributed by atoms with Crippen molar-refractivity contribution in [2.45, 2.75) is 57.5 Å². The maximum atomic E-state index is 12.4. The van der Waals surface area contributed by atoms with Crippen LogP contribution in [0.3, 0.4) is 0 Å². The molecule has 0 spiro atoms. The first-order chi connectivity index (χ1) is 25.7. The van der Waals surface area contributed by atoms with Gasteiger partial charge in [-0.2, -0.15) is 0 Å². The number of fused-ring (bicyclic) bond motifs is 2. The van der Waals surface area contributed by atoms with Gasteiger partial charge in [-0.05, 0) is 59.4 Å². The third kappa shape index (κ3) is 11.5. The van der Waals surface area contributed by atoms with Crippen LogP contribution >= 0.6 is 46.3 Å². The van der Waals surface area contributed by atoms with Crippen LogP contribution in [-0.4, -0.2) is 83.9 Å². The lowest BCUT2D eigenvalue weighted by Crippen LogP contribution is -2.42. The summed E-state index contributed by atoms with van der Waals surface area (Å²) in [5.41, 5.74) is 3.62. The van der Waals surface area contributed by atoms with Crippen LogP contribution in [-0.2, 0) is 55.9 Å². The van der Waals surface area contributed by atoms with Gasteiger partial charge in [-0.3, -0.25) is 29.0 Å². The molecule has 0 amide bonds. The Hall–Kier alpha value is -4.05. The first kappa shape index (κ1) is 42.7. The smallest absolute Gasteiger partial charge is 0.327 e. The lowest BCUT2D eigenvalue weighted by atomic mass is 9.98. The van der Waals surface area contributed by atoms with E-state index in [1.807, 2.05) is 52.3 Å². The van der Waals surface area contributed by atoms with E-state index in [1.165, 1.54) is 63.0 Å². The van der Waals surface area contributed by atoms with Gasteiger partial charge in [0.1, 0.15) is 12.1 Å². The molecule has 0 bridgehead atoms. The summed E-state index contributed by atoms with van der Waals surface area (Å²) in [5.74, 6) is -2.13. The SMILES string of the molecule is CC(=O)OC(C)=O.COC(=O)C(c1ccccc1Cl)N1CCC2SC(=O)C=C2C1.COC(=O)C(c1ccccc1Cl)N1CCc2sc(OC(C)=O)cc2C1. The van der Waals surface area contributed by atoms with Crippen LogP contribution in [0.15, 0.2) is 66.2 Å². The van der Waals surface area contributed by atoms with Gasteiger partial charge in [0.25, 0.3) is 0 Å². The number of likely N-dealkylation sites (tertiary alicyclic amines) is 1. The Balaban J connectivity index is 0.000000206. The standard InChI is InChI=1S/C18H18ClNO4S.C16H16ClNO3S.C4H6O3/c1-11(21)24-16-9-12-10-20(8-7-15(12)25-16)17(18(22)23-2)13-5-3-4-6-14(13)19;1-21-16(20)15(11-4-2-3-5-12(11)17)18-7-6-13-10(9-18)8-14(19)22-13;1-3(5)7-4(2)6/h3-6,9,17H,7-8,10H2,1-2H3;2-5,8,13,15H,6-7,9H2,1H3;1-2H3. The van der Waals surface area contributed by atoms with Gasteiger partial charge in [0.05, 0.1) is 14.2 Å². The van der Waals surface area contributed by atoms with Crippen molar-refractivity contribution in [3.05, 3.63) is 97.9 Å². The minimum absolute atomic E-state index is 0.106. The van der Waals surface area contributed by atoms with Gasteiger partial charge in [-0.15, -0.1) is 11.3 Å². The molecule has 6 rings (SSSR count). The van der Waals surface area contributed by atoms with Gasteiger partial charge < -0.3 is 18.9 Å². The average molecular weight is 820 g/mol. The lowest BCUT2D eigenvalue weighted by molar-refractivity contribution is -0.156. The highest BCUT2D eigenvalue weighted by molar-refractivity contribution is 8.15. The summed E-state index contributed by atoms with van der Waals surface area (Å²) in [6, 6.07) is 15.4. The normalized spacial score (nSPS) is 17.4. The molecular weight excluding hydrogens is 779 g/mol. The molecule has 0 saturated carbocycles. The number of rotatable bonds is 7. The number of esters is 5. The molecule has 288 valence electrons. The topological polar surface area (TPSA) is 146 Å². The Morgan fingerprint density at radius 1 is 0.778 bits per heavy atom. The van der Waals surface area contributed by atoms with Crippen molar-refractivity contribution in [3.8, 4) is 5.06 Å². The summed E-state index contributed by atoms with van der Waals surface area (Å²) >= 11 is 15.4. The highest BCUT2D eigenvalue weighted by atomic mass is 35.5. The van der Waals surface area contributed by atoms with E-state index in [0.717, 1.165) is 41.6 Å². The zero-order chi connectivity index (χ0) is 39.5. The number of thioether (sulfide) groups is 1. The van der Waals surface area contributed by atoms with Crippen LogP contribution in [0, 0.1) is 0 Å².